The number of hydrogen-bond donors (Lipinski definition) is 2. The minimum Gasteiger partial charge on any atom is -0.356 e. The standard InChI is InChI=1S/C38H28N2/c1-3-12-29(13-4-1)39-31-21-19-27(20-22-31)34-24-23-32(40-30-14-5-2-6-15-30)26-38(34)37-25-28-11-7-8-16-33(28)35-17-9-10-18-36(35)37/h1-26,39-40H. The van der Waals surface area contributed by atoms with Crippen molar-refractivity contribution >= 4 is 44.3 Å². The SMILES string of the molecule is c1ccc(Nc2ccc(-c3ccc(Nc4ccccc4)cc3-c3cc4ccccc4c4ccccc34)cc2)cc1. The summed E-state index contributed by atoms with van der Waals surface area (Å²) >= 11 is 0. The summed E-state index contributed by atoms with van der Waals surface area (Å²) in [5.74, 6) is 0. The van der Waals surface area contributed by atoms with Gasteiger partial charge in [0.15, 0.2) is 0 Å². The van der Waals surface area contributed by atoms with Gasteiger partial charge >= 0.3 is 0 Å². The van der Waals surface area contributed by atoms with Crippen LogP contribution in [-0.4, -0.2) is 0 Å². The Hall–Kier alpha value is -5.34. The quantitative estimate of drug-likeness (QED) is 0.217. The highest BCUT2D eigenvalue weighted by atomic mass is 14.9. The Labute approximate surface area is 234 Å². The van der Waals surface area contributed by atoms with E-state index < -0.39 is 0 Å². The monoisotopic (exact) mass is 512 g/mol. The summed E-state index contributed by atoms with van der Waals surface area (Å²) in [5, 5.41) is 12.1. The molecule has 2 heteroatoms. The van der Waals surface area contributed by atoms with Gasteiger partial charge in [0.25, 0.3) is 0 Å². The van der Waals surface area contributed by atoms with E-state index in [1.165, 1.54) is 43.8 Å². The number of fused-ring (bicyclic) bond motifs is 3. The summed E-state index contributed by atoms with van der Waals surface area (Å²) in [6.45, 7) is 0. The molecule has 0 radical (unpaired) electrons. The first-order valence-corrected chi connectivity index (χ1v) is 13.6. The zero-order valence-corrected chi connectivity index (χ0v) is 22.0. The molecule has 7 aromatic carbocycles. The third-order valence-electron chi connectivity index (χ3n) is 7.40. The zero-order chi connectivity index (χ0) is 26.7. The second-order valence-corrected chi connectivity index (χ2v) is 10.0. The van der Waals surface area contributed by atoms with Crippen molar-refractivity contribution in [3.05, 3.63) is 158 Å². The Bertz CT molecular complexity index is 1930. The normalized spacial score (nSPS) is 11.0. The van der Waals surface area contributed by atoms with Crippen molar-refractivity contribution in [2.75, 3.05) is 10.6 Å². The van der Waals surface area contributed by atoms with Crippen molar-refractivity contribution in [1.82, 2.24) is 0 Å². The molecule has 0 atom stereocenters. The van der Waals surface area contributed by atoms with Gasteiger partial charge in [-0.15, -0.1) is 0 Å². The molecule has 0 saturated carbocycles. The van der Waals surface area contributed by atoms with Crippen molar-refractivity contribution in [3.63, 3.8) is 0 Å². The van der Waals surface area contributed by atoms with Gasteiger partial charge in [0.2, 0.25) is 0 Å². The maximum absolute atomic E-state index is 3.60. The first-order chi connectivity index (χ1) is 19.8. The number of anilines is 4. The van der Waals surface area contributed by atoms with Crippen LogP contribution >= 0.6 is 0 Å². The molecular formula is C38H28N2. The molecule has 7 rings (SSSR count). The van der Waals surface area contributed by atoms with E-state index in [1.54, 1.807) is 0 Å². The lowest BCUT2D eigenvalue weighted by Crippen LogP contribution is -1.94. The van der Waals surface area contributed by atoms with E-state index in [1.807, 2.05) is 24.3 Å². The summed E-state index contributed by atoms with van der Waals surface area (Å²) in [5.41, 5.74) is 9.08. The molecule has 0 unspecified atom stereocenters. The minimum absolute atomic E-state index is 1.06. The van der Waals surface area contributed by atoms with Gasteiger partial charge in [-0.25, -0.2) is 0 Å². The van der Waals surface area contributed by atoms with E-state index in [2.05, 4.69) is 144 Å². The molecule has 0 heterocycles. The average Bonchev–Trinajstić information content (AvgIpc) is 3.02. The van der Waals surface area contributed by atoms with Crippen molar-refractivity contribution in [3.8, 4) is 22.3 Å². The molecule has 0 saturated heterocycles. The second-order valence-electron chi connectivity index (χ2n) is 10.0. The Morgan fingerprint density at radius 1 is 0.300 bits per heavy atom. The molecule has 0 aliphatic heterocycles. The number of hydrogen-bond acceptors (Lipinski definition) is 2. The largest absolute Gasteiger partial charge is 0.356 e. The van der Waals surface area contributed by atoms with Gasteiger partial charge in [0, 0.05) is 22.7 Å². The molecule has 0 aliphatic carbocycles. The van der Waals surface area contributed by atoms with E-state index in [-0.39, 0.29) is 0 Å². The van der Waals surface area contributed by atoms with E-state index in [9.17, 15) is 0 Å². The summed E-state index contributed by atoms with van der Waals surface area (Å²) in [6, 6.07) is 55.8. The van der Waals surface area contributed by atoms with Gasteiger partial charge in [-0.05, 0) is 98.4 Å². The summed E-state index contributed by atoms with van der Waals surface area (Å²) in [7, 11) is 0. The van der Waals surface area contributed by atoms with Gasteiger partial charge in [-0.2, -0.15) is 0 Å². The van der Waals surface area contributed by atoms with Crippen LogP contribution < -0.4 is 10.6 Å². The lowest BCUT2D eigenvalue weighted by Gasteiger charge is -2.17. The predicted molar refractivity (Wildman–Crippen MR) is 172 cm³/mol. The van der Waals surface area contributed by atoms with Gasteiger partial charge in [-0.3, -0.25) is 0 Å². The van der Waals surface area contributed by atoms with Crippen LogP contribution in [0.25, 0.3) is 43.8 Å². The highest BCUT2D eigenvalue weighted by molar-refractivity contribution is 6.15. The first kappa shape index (κ1) is 23.8. The molecule has 40 heavy (non-hydrogen) atoms. The average molecular weight is 513 g/mol. The van der Waals surface area contributed by atoms with E-state index in [0.717, 1.165) is 22.7 Å². The van der Waals surface area contributed by atoms with Crippen molar-refractivity contribution in [2.24, 2.45) is 0 Å². The van der Waals surface area contributed by atoms with Crippen LogP contribution in [0.15, 0.2) is 158 Å². The van der Waals surface area contributed by atoms with E-state index >= 15 is 0 Å². The Kier molecular flexibility index (Phi) is 6.20. The second kappa shape index (κ2) is 10.4. The molecule has 0 aliphatic rings. The highest BCUT2D eigenvalue weighted by Crippen LogP contribution is 2.41. The molecule has 2 N–H and O–H groups in total. The zero-order valence-electron chi connectivity index (χ0n) is 22.0. The third-order valence-corrected chi connectivity index (χ3v) is 7.40. The lowest BCUT2D eigenvalue weighted by molar-refractivity contribution is 1.52. The molecule has 0 fully saturated rings. The van der Waals surface area contributed by atoms with Crippen LogP contribution in [0.4, 0.5) is 22.7 Å². The maximum atomic E-state index is 3.60. The van der Waals surface area contributed by atoms with Crippen molar-refractivity contribution in [2.45, 2.75) is 0 Å². The van der Waals surface area contributed by atoms with E-state index in [4.69, 9.17) is 0 Å². The fourth-order valence-electron chi connectivity index (χ4n) is 5.48. The predicted octanol–water partition coefficient (Wildman–Crippen LogP) is 10.8. The summed E-state index contributed by atoms with van der Waals surface area (Å²) < 4.78 is 0. The van der Waals surface area contributed by atoms with Crippen LogP contribution in [0.5, 0.6) is 0 Å². The van der Waals surface area contributed by atoms with Crippen LogP contribution in [0.1, 0.15) is 0 Å². The molecule has 190 valence electrons. The highest BCUT2D eigenvalue weighted by Gasteiger charge is 2.14. The van der Waals surface area contributed by atoms with Crippen molar-refractivity contribution in [1.29, 1.82) is 0 Å². The summed E-state index contributed by atoms with van der Waals surface area (Å²) in [4.78, 5) is 0. The Balaban J connectivity index is 1.38. The van der Waals surface area contributed by atoms with Gasteiger partial charge in [0.05, 0.1) is 0 Å². The van der Waals surface area contributed by atoms with Crippen molar-refractivity contribution < 1.29 is 0 Å². The molecule has 0 amide bonds. The first-order valence-electron chi connectivity index (χ1n) is 13.6. The fraction of sp³-hybridized carbons (Fsp3) is 0. The molecule has 0 aromatic heterocycles. The fourth-order valence-corrected chi connectivity index (χ4v) is 5.48. The van der Waals surface area contributed by atoms with Gasteiger partial charge in [0.1, 0.15) is 0 Å². The van der Waals surface area contributed by atoms with E-state index in [0.29, 0.717) is 0 Å². The van der Waals surface area contributed by atoms with Gasteiger partial charge in [-0.1, -0.05) is 103 Å². The van der Waals surface area contributed by atoms with Crippen LogP contribution in [0.2, 0.25) is 0 Å². The molecule has 0 bridgehead atoms. The number of benzene rings is 7. The molecule has 7 aromatic rings. The Morgan fingerprint density at radius 3 is 1.52 bits per heavy atom. The van der Waals surface area contributed by atoms with Crippen LogP contribution in [0.3, 0.4) is 0 Å². The van der Waals surface area contributed by atoms with Crippen LogP contribution in [-0.2, 0) is 0 Å². The molecule has 0 spiro atoms. The number of para-hydroxylation sites is 2. The third kappa shape index (κ3) is 4.68. The number of nitrogens with one attached hydrogen (secondary N) is 2. The molecular weight excluding hydrogens is 484 g/mol. The minimum atomic E-state index is 1.06. The van der Waals surface area contributed by atoms with Crippen LogP contribution in [0, 0.1) is 0 Å². The Morgan fingerprint density at radius 2 is 0.825 bits per heavy atom. The molecule has 2 nitrogen and oxygen atoms in total. The number of rotatable bonds is 6. The maximum Gasteiger partial charge on any atom is 0.0390 e. The lowest BCUT2D eigenvalue weighted by atomic mass is 9.88. The topological polar surface area (TPSA) is 24.1 Å². The smallest absolute Gasteiger partial charge is 0.0390 e. The van der Waals surface area contributed by atoms with Gasteiger partial charge < -0.3 is 10.6 Å². The summed E-state index contributed by atoms with van der Waals surface area (Å²) in [6.07, 6.45) is 0.